The summed E-state index contributed by atoms with van der Waals surface area (Å²) in [5, 5.41) is 0. The fourth-order valence-corrected chi connectivity index (χ4v) is 14.8. The second kappa shape index (κ2) is 5.74. The third-order valence-electron chi connectivity index (χ3n) is 3.29. The molecule has 1 saturated heterocycles. The Hall–Kier alpha value is 0.531. The maximum Gasteiger partial charge on any atom is 0.213 e. The predicted molar refractivity (Wildman–Crippen MR) is 72.0 cm³/mol. The molecule has 0 aliphatic carbocycles. The van der Waals surface area contributed by atoms with E-state index in [9.17, 15) is 0 Å². The first-order valence-electron chi connectivity index (χ1n) is 5.91. The van der Waals surface area contributed by atoms with Gasteiger partial charge in [-0.25, -0.2) is 0 Å². The van der Waals surface area contributed by atoms with Crippen LogP contribution in [0, 0.1) is 0 Å². The van der Waals surface area contributed by atoms with Crippen LogP contribution in [0.3, 0.4) is 0 Å². The molecule has 0 spiro atoms. The third-order valence-corrected chi connectivity index (χ3v) is 15.7. The molecule has 15 heavy (non-hydrogen) atoms. The first-order chi connectivity index (χ1) is 7.08. The van der Waals surface area contributed by atoms with Crippen LogP contribution < -0.4 is 0 Å². The molecule has 1 heterocycles. The SMILES string of the molecule is CCN1[Si](C)N(CC)[Si](C)N(CC)[Si]1C. The molecule has 3 nitrogen and oxygen atoms in total. The van der Waals surface area contributed by atoms with Crippen LogP contribution in [0.1, 0.15) is 20.8 Å². The van der Waals surface area contributed by atoms with E-state index in [4.69, 9.17) is 0 Å². The van der Waals surface area contributed by atoms with E-state index >= 15 is 0 Å². The first kappa shape index (κ1) is 13.6. The Morgan fingerprint density at radius 1 is 0.600 bits per heavy atom. The van der Waals surface area contributed by atoms with Crippen LogP contribution >= 0.6 is 0 Å². The van der Waals surface area contributed by atoms with Crippen molar-refractivity contribution in [1.29, 1.82) is 0 Å². The van der Waals surface area contributed by atoms with Gasteiger partial charge in [-0.3, -0.25) is 0 Å². The molecule has 6 heteroatoms. The van der Waals surface area contributed by atoms with Gasteiger partial charge < -0.3 is 12.7 Å². The molecule has 1 aliphatic heterocycles. The van der Waals surface area contributed by atoms with Gasteiger partial charge in [-0.2, -0.15) is 0 Å². The normalized spacial score (nSPS) is 25.2. The van der Waals surface area contributed by atoms with Crippen LogP contribution in [-0.4, -0.2) is 59.7 Å². The highest BCUT2D eigenvalue weighted by Gasteiger charge is 2.42. The number of nitrogens with zero attached hydrogens (tertiary/aromatic N) is 3. The minimum absolute atomic E-state index is 0.396. The van der Waals surface area contributed by atoms with E-state index in [0.717, 1.165) is 0 Å². The maximum absolute atomic E-state index is 2.79. The highest BCUT2D eigenvalue weighted by atomic mass is 28.4. The average Bonchev–Trinajstić information content (AvgIpc) is 2.19. The molecule has 0 bridgehead atoms. The summed E-state index contributed by atoms with van der Waals surface area (Å²) in [4.78, 5) is 0. The molecule has 3 radical (unpaired) electrons. The Balaban J connectivity index is 2.87. The molecule has 1 fully saturated rings. The first-order valence-corrected chi connectivity index (χ1v) is 11.6. The lowest BCUT2D eigenvalue weighted by Crippen LogP contribution is -2.74. The van der Waals surface area contributed by atoms with Crippen molar-refractivity contribution in [2.24, 2.45) is 0 Å². The molecule has 0 saturated carbocycles. The quantitative estimate of drug-likeness (QED) is 0.707. The summed E-state index contributed by atoms with van der Waals surface area (Å²) >= 11 is 0. The topological polar surface area (TPSA) is 9.72 Å². The zero-order chi connectivity index (χ0) is 11.6. The highest BCUT2D eigenvalue weighted by Crippen LogP contribution is 2.18. The summed E-state index contributed by atoms with van der Waals surface area (Å²) in [6, 6.07) is 0. The van der Waals surface area contributed by atoms with Crippen LogP contribution in [0.5, 0.6) is 0 Å². The molecule has 0 N–H and O–H groups in total. The monoisotopic (exact) mass is 258 g/mol. The van der Waals surface area contributed by atoms with Crippen molar-refractivity contribution in [2.75, 3.05) is 19.6 Å². The maximum atomic E-state index is 2.79. The van der Waals surface area contributed by atoms with Gasteiger partial charge in [0.1, 0.15) is 0 Å². The minimum atomic E-state index is -0.396. The smallest absolute Gasteiger partial charge is 0.213 e. The summed E-state index contributed by atoms with van der Waals surface area (Å²) in [5.74, 6) is 0. The standard InChI is InChI=1S/C9H24N3Si3/c1-7-10-13(4)11(8-2)15(6)12(9-3)14(10)5/h7-9H2,1-6H3. The highest BCUT2D eigenvalue weighted by molar-refractivity contribution is 6.84. The van der Waals surface area contributed by atoms with Crippen LogP contribution in [0.2, 0.25) is 19.6 Å². The summed E-state index contributed by atoms with van der Waals surface area (Å²) in [7, 11) is -1.19. The van der Waals surface area contributed by atoms with Gasteiger partial charge in [-0.1, -0.05) is 20.8 Å². The van der Waals surface area contributed by atoms with E-state index in [0.29, 0.717) is 0 Å². The molecule has 1 aliphatic rings. The van der Waals surface area contributed by atoms with Crippen molar-refractivity contribution in [1.82, 2.24) is 12.7 Å². The van der Waals surface area contributed by atoms with Crippen molar-refractivity contribution in [2.45, 2.75) is 40.4 Å². The van der Waals surface area contributed by atoms with Gasteiger partial charge in [0, 0.05) is 0 Å². The van der Waals surface area contributed by atoms with Crippen LogP contribution in [0.4, 0.5) is 0 Å². The van der Waals surface area contributed by atoms with Gasteiger partial charge in [0.05, 0.1) is 0 Å². The van der Waals surface area contributed by atoms with E-state index in [-0.39, 0.29) is 0 Å². The Kier molecular flexibility index (Phi) is 5.20. The summed E-state index contributed by atoms with van der Waals surface area (Å²) < 4.78 is 8.38. The van der Waals surface area contributed by atoms with E-state index in [2.05, 4.69) is 53.1 Å². The minimum Gasteiger partial charge on any atom is -0.323 e. The molecule has 0 atom stereocenters. The van der Waals surface area contributed by atoms with E-state index in [1.807, 2.05) is 0 Å². The largest absolute Gasteiger partial charge is 0.323 e. The fraction of sp³-hybridized carbons (Fsp3) is 1.00. The number of hydrogen-bond acceptors (Lipinski definition) is 3. The van der Waals surface area contributed by atoms with Crippen molar-refractivity contribution in [3.63, 3.8) is 0 Å². The Bertz CT molecular complexity index is 160. The fourth-order valence-electron chi connectivity index (χ4n) is 2.51. The van der Waals surface area contributed by atoms with E-state index in [1.54, 1.807) is 0 Å². The molecule has 0 unspecified atom stereocenters. The van der Waals surface area contributed by atoms with E-state index in [1.165, 1.54) is 19.6 Å². The zero-order valence-corrected chi connectivity index (χ0v) is 14.0. The van der Waals surface area contributed by atoms with Gasteiger partial charge in [-0.05, 0) is 39.3 Å². The lowest BCUT2D eigenvalue weighted by molar-refractivity contribution is 0.461. The van der Waals surface area contributed by atoms with Gasteiger partial charge in [-0.15, -0.1) is 0 Å². The molecular formula is C9H24N3Si3. The number of hydrogen-bond donors (Lipinski definition) is 0. The lowest BCUT2D eigenvalue weighted by atomic mass is 10.8. The van der Waals surface area contributed by atoms with Crippen molar-refractivity contribution in [3.05, 3.63) is 0 Å². The molecule has 87 valence electrons. The van der Waals surface area contributed by atoms with Crippen molar-refractivity contribution < 1.29 is 0 Å². The average molecular weight is 259 g/mol. The van der Waals surface area contributed by atoms with Gasteiger partial charge in [0.2, 0.25) is 27.4 Å². The second-order valence-corrected chi connectivity index (χ2v) is 11.7. The summed E-state index contributed by atoms with van der Waals surface area (Å²) in [5.41, 5.74) is 0. The molecule has 0 amide bonds. The van der Waals surface area contributed by atoms with Crippen LogP contribution in [0.25, 0.3) is 0 Å². The Morgan fingerprint density at radius 3 is 0.933 bits per heavy atom. The van der Waals surface area contributed by atoms with Gasteiger partial charge in [0.25, 0.3) is 0 Å². The Morgan fingerprint density at radius 2 is 0.800 bits per heavy atom. The molecular weight excluding hydrogens is 234 g/mol. The molecule has 0 aromatic rings. The molecule has 0 aromatic heterocycles. The van der Waals surface area contributed by atoms with E-state index < -0.39 is 27.4 Å². The summed E-state index contributed by atoms with van der Waals surface area (Å²) in [6.45, 7) is 18.1. The predicted octanol–water partition coefficient (Wildman–Crippen LogP) is 1.32. The lowest BCUT2D eigenvalue weighted by Gasteiger charge is -2.52. The Labute approximate surface area is 100 Å². The number of rotatable bonds is 3. The van der Waals surface area contributed by atoms with Crippen molar-refractivity contribution in [3.8, 4) is 0 Å². The second-order valence-electron chi connectivity index (χ2n) is 3.87. The third kappa shape index (κ3) is 2.45. The zero-order valence-electron chi connectivity index (χ0n) is 11.0. The van der Waals surface area contributed by atoms with Gasteiger partial charge in [0.15, 0.2) is 0 Å². The van der Waals surface area contributed by atoms with Crippen molar-refractivity contribution >= 4 is 27.4 Å². The molecule has 1 rings (SSSR count). The summed E-state index contributed by atoms with van der Waals surface area (Å²) in [6.07, 6.45) is 0. The van der Waals surface area contributed by atoms with Crippen LogP contribution in [-0.2, 0) is 0 Å². The van der Waals surface area contributed by atoms with Gasteiger partial charge >= 0.3 is 0 Å². The molecule has 0 aromatic carbocycles. The van der Waals surface area contributed by atoms with Crippen LogP contribution in [0.15, 0.2) is 0 Å².